The summed E-state index contributed by atoms with van der Waals surface area (Å²) in [6.07, 6.45) is 0.792. The number of carbonyl (C=O) groups excluding carboxylic acids is 1. The molecular weight excluding hydrogens is 535 g/mol. The SMILES string of the molecule is CN=C(NCCOc1cccc(Br)c1)NCCc1cccc(C(=O)NC)c1.I. The molecule has 28 heavy (non-hydrogen) atoms. The molecule has 8 heteroatoms. The summed E-state index contributed by atoms with van der Waals surface area (Å²) in [5.41, 5.74) is 1.76. The molecule has 152 valence electrons. The number of aliphatic imine (C=N–C) groups is 1. The first kappa shape index (κ1) is 24.2. The average molecular weight is 561 g/mol. The Morgan fingerprint density at radius 3 is 2.57 bits per heavy atom. The maximum Gasteiger partial charge on any atom is 0.251 e. The number of halogens is 2. The van der Waals surface area contributed by atoms with E-state index >= 15 is 0 Å². The number of rotatable bonds is 8. The Morgan fingerprint density at radius 1 is 1.11 bits per heavy atom. The largest absolute Gasteiger partial charge is 0.492 e. The standard InChI is InChI=1S/C20H25BrN4O2.HI/c1-22-19(26)16-6-3-5-15(13-16)9-10-24-20(23-2)25-11-12-27-18-8-4-7-17(21)14-18;/h3-8,13-14H,9-12H2,1-2H3,(H,22,26)(H2,23,24,25);1H. The number of nitrogens with zero attached hydrogens (tertiary/aromatic N) is 1. The molecule has 0 saturated heterocycles. The van der Waals surface area contributed by atoms with Crippen molar-refractivity contribution < 1.29 is 9.53 Å². The van der Waals surface area contributed by atoms with Crippen LogP contribution in [0.2, 0.25) is 0 Å². The first-order valence-corrected chi connectivity index (χ1v) is 9.55. The summed E-state index contributed by atoms with van der Waals surface area (Å²) in [6, 6.07) is 15.4. The van der Waals surface area contributed by atoms with Crippen LogP contribution < -0.4 is 20.7 Å². The van der Waals surface area contributed by atoms with Gasteiger partial charge in [-0.3, -0.25) is 9.79 Å². The Bertz CT molecular complexity index is 786. The summed E-state index contributed by atoms with van der Waals surface area (Å²) in [7, 11) is 3.36. The molecule has 0 spiro atoms. The van der Waals surface area contributed by atoms with Crippen molar-refractivity contribution in [1.82, 2.24) is 16.0 Å². The van der Waals surface area contributed by atoms with E-state index in [1.54, 1.807) is 14.1 Å². The lowest BCUT2D eigenvalue weighted by Crippen LogP contribution is -2.40. The maximum atomic E-state index is 11.7. The highest BCUT2D eigenvalue weighted by molar-refractivity contribution is 14.0. The molecular formula is C20H26BrIN4O2. The van der Waals surface area contributed by atoms with Crippen LogP contribution in [0.5, 0.6) is 5.75 Å². The Morgan fingerprint density at radius 2 is 1.86 bits per heavy atom. The molecule has 2 aromatic rings. The van der Waals surface area contributed by atoms with Crippen molar-refractivity contribution in [3.63, 3.8) is 0 Å². The molecule has 3 N–H and O–H groups in total. The fraction of sp³-hybridized carbons (Fsp3) is 0.300. The monoisotopic (exact) mass is 560 g/mol. The third-order valence-corrected chi connectivity index (χ3v) is 4.30. The fourth-order valence-corrected chi connectivity index (χ4v) is 2.83. The molecule has 0 unspecified atom stereocenters. The second-order valence-electron chi connectivity index (χ2n) is 5.76. The van der Waals surface area contributed by atoms with Gasteiger partial charge in [0, 0.05) is 30.7 Å². The van der Waals surface area contributed by atoms with Crippen molar-refractivity contribution >= 4 is 51.8 Å². The van der Waals surface area contributed by atoms with Gasteiger partial charge in [0.05, 0.1) is 6.54 Å². The number of ether oxygens (including phenoxy) is 1. The van der Waals surface area contributed by atoms with Crippen LogP contribution in [0.15, 0.2) is 58.0 Å². The number of amides is 1. The summed E-state index contributed by atoms with van der Waals surface area (Å²) in [5, 5.41) is 9.12. The van der Waals surface area contributed by atoms with Crippen LogP contribution in [0.1, 0.15) is 15.9 Å². The first-order valence-electron chi connectivity index (χ1n) is 8.76. The van der Waals surface area contributed by atoms with Crippen molar-refractivity contribution in [3.8, 4) is 5.75 Å². The summed E-state index contributed by atoms with van der Waals surface area (Å²) in [4.78, 5) is 15.9. The number of hydrogen-bond donors (Lipinski definition) is 3. The molecule has 0 fully saturated rings. The zero-order valence-electron chi connectivity index (χ0n) is 16.0. The Kier molecular flexibility index (Phi) is 11.6. The lowest BCUT2D eigenvalue weighted by atomic mass is 10.1. The zero-order chi connectivity index (χ0) is 19.5. The number of benzene rings is 2. The minimum Gasteiger partial charge on any atom is -0.492 e. The molecule has 0 aliphatic heterocycles. The van der Waals surface area contributed by atoms with Crippen LogP contribution in [0, 0.1) is 0 Å². The highest BCUT2D eigenvalue weighted by Gasteiger charge is 2.04. The third-order valence-electron chi connectivity index (χ3n) is 3.81. The summed E-state index contributed by atoms with van der Waals surface area (Å²) >= 11 is 3.42. The molecule has 0 bridgehead atoms. The van der Waals surface area contributed by atoms with Gasteiger partial charge in [0.2, 0.25) is 0 Å². The second kappa shape index (κ2) is 13.4. The predicted octanol–water partition coefficient (Wildman–Crippen LogP) is 3.21. The van der Waals surface area contributed by atoms with Gasteiger partial charge in [-0.2, -0.15) is 0 Å². The summed E-state index contributed by atoms with van der Waals surface area (Å²) in [5.74, 6) is 1.47. The zero-order valence-corrected chi connectivity index (χ0v) is 19.9. The molecule has 0 atom stereocenters. The van der Waals surface area contributed by atoms with Crippen molar-refractivity contribution in [2.45, 2.75) is 6.42 Å². The molecule has 2 aromatic carbocycles. The molecule has 2 rings (SSSR count). The smallest absolute Gasteiger partial charge is 0.251 e. The normalized spacial score (nSPS) is 10.6. The van der Waals surface area contributed by atoms with Crippen LogP contribution in [0.3, 0.4) is 0 Å². The van der Waals surface area contributed by atoms with Gasteiger partial charge < -0.3 is 20.7 Å². The van der Waals surface area contributed by atoms with E-state index in [-0.39, 0.29) is 29.9 Å². The van der Waals surface area contributed by atoms with E-state index in [0.29, 0.717) is 25.3 Å². The van der Waals surface area contributed by atoms with Gasteiger partial charge >= 0.3 is 0 Å². The third kappa shape index (κ3) is 8.47. The quantitative estimate of drug-likeness (QED) is 0.201. The van der Waals surface area contributed by atoms with E-state index in [4.69, 9.17) is 4.74 Å². The highest BCUT2D eigenvalue weighted by Crippen LogP contribution is 2.17. The molecule has 0 radical (unpaired) electrons. The van der Waals surface area contributed by atoms with E-state index in [2.05, 4.69) is 36.9 Å². The van der Waals surface area contributed by atoms with Crippen molar-refractivity contribution in [3.05, 3.63) is 64.1 Å². The number of nitrogens with one attached hydrogen (secondary N) is 3. The van der Waals surface area contributed by atoms with E-state index in [0.717, 1.165) is 28.2 Å². The van der Waals surface area contributed by atoms with Gasteiger partial charge in [0.15, 0.2) is 5.96 Å². The fourth-order valence-electron chi connectivity index (χ4n) is 2.45. The topological polar surface area (TPSA) is 74.8 Å². The van der Waals surface area contributed by atoms with Gasteiger partial charge in [0.25, 0.3) is 5.91 Å². The van der Waals surface area contributed by atoms with Crippen molar-refractivity contribution in [1.29, 1.82) is 0 Å². The van der Waals surface area contributed by atoms with E-state index in [1.165, 1.54) is 0 Å². The van der Waals surface area contributed by atoms with E-state index in [1.807, 2.05) is 48.5 Å². The number of carbonyl (C=O) groups is 1. The minimum atomic E-state index is -0.0762. The Labute approximate surface area is 191 Å². The van der Waals surface area contributed by atoms with Gasteiger partial charge in [-0.25, -0.2) is 0 Å². The van der Waals surface area contributed by atoms with Crippen molar-refractivity contribution in [2.24, 2.45) is 4.99 Å². The van der Waals surface area contributed by atoms with E-state index in [9.17, 15) is 4.79 Å². The number of hydrogen-bond acceptors (Lipinski definition) is 3. The molecule has 0 heterocycles. The molecule has 0 aliphatic carbocycles. The minimum absolute atomic E-state index is 0. The van der Waals surface area contributed by atoms with Crippen LogP contribution in [-0.4, -0.2) is 45.7 Å². The molecule has 0 aromatic heterocycles. The van der Waals surface area contributed by atoms with Gasteiger partial charge in [-0.15, -0.1) is 24.0 Å². The average Bonchev–Trinajstić information content (AvgIpc) is 2.69. The maximum absolute atomic E-state index is 11.7. The summed E-state index contributed by atoms with van der Waals surface area (Å²) < 4.78 is 6.68. The van der Waals surface area contributed by atoms with Crippen LogP contribution in [-0.2, 0) is 6.42 Å². The Balaban J connectivity index is 0.00000392. The molecule has 0 saturated carbocycles. The number of guanidine groups is 1. The van der Waals surface area contributed by atoms with Crippen LogP contribution >= 0.6 is 39.9 Å². The van der Waals surface area contributed by atoms with Gasteiger partial charge in [0.1, 0.15) is 12.4 Å². The van der Waals surface area contributed by atoms with E-state index < -0.39 is 0 Å². The van der Waals surface area contributed by atoms with Crippen molar-refractivity contribution in [2.75, 3.05) is 33.8 Å². The molecule has 6 nitrogen and oxygen atoms in total. The van der Waals surface area contributed by atoms with Gasteiger partial charge in [-0.05, 0) is 42.3 Å². The first-order chi connectivity index (χ1) is 13.1. The van der Waals surface area contributed by atoms with Gasteiger partial charge in [-0.1, -0.05) is 34.1 Å². The van der Waals surface area contributed by atoms with Crippen LogP contribution in [0.25, 0.3) is 0 Å². The van der Waals surface area contributed by atoms with Crippen LogP contribution in [0.4, 0.5) is 0 Å². The Hall–Kier alpha value is -1.81. The lowest BCUT2D eigenvalue weighted by Gasteiger charge is -2.13. The molecule has 0 aliphatic rings. The second-order valence-corrected chi connectivity index (χ2v) is 6.68. The highest BCUT2D eigenvalue weighted by atomic mass is 127. The summed E-state index contributed by atoms with van der Waals surface area (Å²) in [6.45, 7) is 1.88. The molecule has 1 amide bonds. The predicted molar refractivity (Wildman–Crippen MR) is 128 cm³/mol. The lowest BCUT2D eigenvalue weighted by molar-refractivity contribution is 0.0963.